The number of nitrogens with two attached hydrogens (primary N) is 1. The molecule has 0 amide bonds. The van der Waals surface area contributed by atoms with Crippen LogP contribution in [0, 0.1) is 0 Å². The predicted octanol–water partition coefficient (Wildman–Crippen LogP) is 0.331. The van der Waals surface area contributed by atoms with Crippen LogP contribution in [0.1, 0.15) is 25.5 Å². The first kappa shape index (κ1) is 14.0. The zero-order valence-electron chi connectivity index (χ0n) is 9.78. The largest absolute Gasteiger partial charge is 0.480 e. The average molecular weight is 258 g/mol. The van der Waals surface area contributed by atoms with Crippen LogP contribution in [-0.4, -0.2) is 37.4 Å². The third kappa shape index (κ3) is 5.18. The van der Waals surface area contributed by atoms with E-state index in [4.69, 9.17) is 10.8 Å². The number of carbonyl (C=O) groups is 1. The second-order valence-electron chi connectivity index (χ2n) is 4.11. The summed E-state index contributed by atoms with van der Waals surface area (Å²) in [6.07, 6.45) is 3.93. The second kappa shape index (κ2) is 6.61. The normalized spacial score (nSPS) is 14.5. The lowest BCUT2D eigenvalue weighted by atomic mass is 10.2. The zero-order valence-corrected chi connectivity index (χ0v) is 10.7. The SMILES string of the molecule is CC(S)CCCn1cc(CC(N)C(=O)O)nn1. The Morgan fingerprint density at radius 2 is 2.41 bits per heavy atom. The highest BCUT2D eigenvalue weighted by Crippen LogP contribution is 2.05. The number of hydrogen-bond acceptors (Lipinski definition) is 5. The number of carboxylic acid groups (broad SMARTS) is 1. The third-order valence-corrected chi connectivity index (χ3v) is 2.60. The average Bonchev–Trinajstić information content (AvgIpc) is 2.65. The highest BCUT2D eigenvalue weighted by Gasteiger charge is 2.14. The third-order valence-electron chi connectivity index (χ3n) is 2.34. The number of thiol groups is 1. The summed E-state index contributed by atoms with van der Waals surface area (Å²) in [5.41, 5.74) is 6.02. The summed E-state index contributed by atoms with van der Waals surface area (Å²) in [6, 6.07) is -0.919. The van der Waals surface area contributed by atoms with E-state index < -0.39 is 12.0 Å². The van der Waals surface area contributed by atoms with Gasteiger partial charge < -0.3 is 10.8 Å². The minimum Gasteiger partial charge on any atom is -0.480 e. The maximum Gasteiger partial charge on any atom is 0.320 e. The van der Waals surface area contributed by atoms with E-state index in [1.165, 1.54) is 0 Å². The molecule has 1 heterocycles. The van der Waals surface area contributed by atoms with E-state index in [1.807, 2.05) is 6.92 Å². The highest BCUT2D eigenvalue weighted by molar-refractivity contribution is 7.80. The molecule has 0 aliphatic rings. The van der Waals surface area contributed by atoms with Crippen molar-refractivity contribution in [2.45, 2.75) is 44.0 Å². The Bertz CT molecular complexity index is 367. The van der Waals surface area contributed by atoms with Gasteiger partial charge in [0.25, 0.3) is 0 Å². The molecule has 0 bridgehead atoms. The summed E-state index contributed by atoms with van der Waals surface area (Å²) in [5, 5.41) is 16.8. The molecule has 3 N–H and O–H groups in total. The first-order valence-corrected chi connectivity index (χ1v) is 6.06. The lowest BCUT2D eigenvalue weighted by molar-refractivity contribution is -0.138. The van der Waals surface area contributed by atoms with E-state index in [2.05, 4.69) is 22.9 Å². The number of aliphatic carboxylic acids is 1. The fourth-order valence-electron chi connectivity index (χ4n) is 1.40. The molecule has 1 aromatic heterocycles. The number of hydrogen-bond donors (Lipinski definition) is 3. The quantitative estimate of drug-likeness (QED) is 0.613. The van der Waals surface area contributed by atoms with Gasteiger partial charge in [0, 0.05) is 19.2 Å². The molecule has 0 aromatic carbocycles. The molecule has 17 heavy (non-hydrogen) atoms. The molecule has 0 radical (unpaired) electrons. The molecular formula is C10H18N4O2S. The minimum atomic E-state index is -1.02. The van der Waals surface area contributed by atoms with Crippen molar-refractivity contribution in [2.75, 3.05) is 0 Å². The molecule has 96 valence electrons. The molecule has 0 aliphatic heterocycles. The van der Waals surface area contributed by atoms with Crippen molar-refractivity contribution in [3.05, 3.63) is 11.9 Å². The molecule has 7 heteroatoms. The van der Waals surface area contributed by atoms with Crippen molar-refractivity contribution in [1.82, 2.24) is 15.0 Å². The Morgan fingerprint density at radius 3 is 3.00 bits per heavy atom. The van der Waals surface area contributed by atoms with E-state index in [0.29, 0.717) is 10.9 Å². The molecular weight excluding hydrogens is 240 g/mol. The van der Waals surface area contributed by atoms with E-state index in [-0.39, 0.29) is 6.42 Å². The minimum absolute atomic E-state index is 0.207. The van der Waals surface area contributed by atoms with Gasteiger partial charge in [-0.2, -0.15) is 12.6 Å². The van der Waals surface area contributed by atoms with Gasteiger partial charge in [0.1, 0.15) is 6.04 Å². The van der Waals surface area contributed by atoms with Crippen molar-refractivity contribution in [1.29, 1.82) is 0 Å². The van der Waals surface area contributed by atoms with Crippen LogP contribution in [0.5, 0.6) is 0 Å². The van der Waals surface area contributed by atoms with Gasteiger partial charge in [-0.05, 0) is 18.1 Å². The van der Waals surface area contributed by atoms with Crippen LogP contribution >= 0.6 is 12.6 Å². The van der Waals surface area contributed by atoms with E-state index in [9.17, 15) is 4.79 Å². The van der Waals surface area contributed by atoms with Gasteiger partial charge in [-0.15, -0.1) is 5.10 Å². The second-order valence-corrected chi connectivity index (χ2v) is 4.99. The molecule has 0 aliphatic carbocycles. The van der Waals surface area contributed by atoms with Crippen LogP contribution in [0.4, 0.5) is 0 Å². The maximum atomic E-state index is 10.6. The van der Waals surface area contributed by atoms with Crippen LogP contribution in [0.3, 0.4) is 0 Å². The molecule has 0 saturated carbocycles. The molecule has 0 spiro atoms. The first-order chi connectivity index (χ1) is 7.99. The van der Waals surface area contributed by atoms with Crippen LogP contribution < -0.4 is 5.73 Å². The van der Waals surface area contributed by atoms with Gasteiger partial charge >= 0.3 is 5.97 Å². The fourth-order valence-corrected chi connectivity index (χ4v) is 1.59. The van der Waals surface area contributed by atoms with E-state index in [0.717, 1.165) is 19.4 Å². The summed E-state index contributed by atoms with van der Waals surface area (Å²) in [7, 11) is 0. The van der Waals surface area contributed by atoms with Gasteiger partial charge in [0.05, 0.1) is 5.69 Å². The Morgan fingerprint density at radius 1 is 1.71 bits per heavy atom. The van der Waals surface area contributed by atoms with Crippen LogP contribution in [0.15, 0.2) is 6.20 Å². The molecule has 2 atom stereocenters. The summed E-state index contributed by atoms with van der Waals surface area (Å²) in [6.45, 7) is 2.81. The predicted molar refractivity (Wildman–Crippen MR) is 67.0 cm³/mol. The number of aromatic nitrogens is 3. The smallest absolute Gasteiger partial charge is 0.320 e. The van der Waals surface area contributed by atoms with Gasteiger partial charge in [-0.3, -0.25) is 9.48 Å². The summed E-state index contributed by atoms with van der Waals surface area (Å²) >= 11 is 4.29. The molecule has 6 nitrogen and oxygen atoms in total. The van der Waals surface area contributed by atoms with Crippen LogP contribution in [0.25, 0.3) is 0 Å². The summed E-state index contributed by atoms with van der Waals surface area (Å²) < 4.78 is 1.71. The van der Waals surface area contributed by atoms with Gasteiger partial charge in [0.2, 0.25) is 0 Å². The van der Waals surface area contributed by atoms with Crippen molar-refractivity contribution < 1.29 is 9.90 Å². The maximum absolute atomic E-state index is 10.6. The topological polar surface area (TPSA) is 94.0 Å². The highest BCUT2D eigenvalue weighted by atomic mass is 32.1. The fraction of sp³-hybridized carbons (Fsp3) is 0.700. The number of rotatable bonds is 7. The van der Waals surface area contributed by atoms with Crippen molar-refractivity contribution in [3.63, 3.8) is 0 Å². The Labute approximate surface area is 106 Å². The molecule has 1 aromatic rings. The van der Waals surface area contributed by atoms with E-state index >= 15 is 0 Å². The Hall–Kier alpha value is -1.08. The van der Waals surface area contributed by atoms with Crippen LogP contribution in [0.2, 0.25) is 0 Å². The summed E-state index contributed by atoms with van der Waals surface area (Å²) in [4.78, 5) is 10.6. The van der Waals surface area contributed by atoms with Crippen molar-refractivity contribution in [3.8, 4) is 0 Å². The van der Waals surface area contributed by atoms with Gasteiger partial charge in [0.15, 0.2) is 0 Å². The van der Waals surface area contributed by atoms with Gasteiger partial charge in [-0.25, -0.2) is 0 Å². The monoisotopic (exact) mass is 258 g/mol. The lowest BCUT2D eigenvalue weighted by Crippen LogP contribution is -2.32. The number of nitrogens with zero attached hydrogens (tertiary/aromatic N) is 3. The molecule has 2 unspecified atom stereocenters. The molecule has 1 rings (SSSR count). The van der Waals surface area contributed by atoms with Crippen molar-refractivity contribution in [2.24, 2.45) is 5.73 Å². The summed E-state index contributed by atoms with van der Waals surface area (Å²) in [5.74, 6) is -1.02. The Kier molecular flexibility index (Phi) is 5.43. The zero-order chi connectivity index (χ0) is 12.8. The standard InChI is InChI=1S/C10H18N4O2S/c1-7(17)3-2-4-14-6-8(12-13-14)5-9(11)10(15)16/h6-7,9,17H,2-5,11H2,1H3,(H,15,16). The van der Waals surface area contributed by atoms with E-state index in [1.54, 1.807) is 10.9 Å². The Balaban J connectivity index is 2.40. The van der Waals surface area contributed by atoms with Crippen LogP contribution in [-0.2, 0) is 17.8 Å². The molecule has 0 fully saturated rings. The first-order valence-electron chi connectivity index (χ1n) is 5.54. The van der Waals surface area contributed by atoms with Gasteiger partial charge in [-0.1, -0.05) is 12.1 Å². The van der Waals surface area contributed by atoms with Crippen molar-refractivity contribution >= 4 is 18.6 Å². The number of carboxylic acids is 1. The molecule has 0 saturated heterocycles. The lowest BCUT2D eigenvalue weighted by Gasteiger charge is -2.03. The number of aryl methyl sites for hydroxylation is 1.